The second-order valence-corrected chi connectivity index (χ2v) is 9.02. The number of benzene rings is 2. The molecule has 0 atom stereocenters. The number of rotatable bonds is 8. The lowest BCUT2D eigenvalue weighted by Gasteiger charge is -2.28. The minimum Gasteiger partial charge on any atom is -0.480 e. The van der Waals surface area contributed by atoms with Crippen LogP contribution in [0.4, 0.5) is 0 Å². The Labute approximate surface area is 190 Å². The van der Waals surface area contributed by atoms with Crippen LogP contribution in [0, 0.1) is 25.7 Å². The van der Waals surface area contributed by atoms with Gasteiger partial charge in [-0.3, -0.25) is 4.68 Å². The van der Waals surface area contributed by atoms with Gasteiger partial charge in [-0.1, -0.05) is 60.2 Å². The summed E-state index contributed by atoms with van der Waals surface area (Å²) in [5.41, 5.74) is 7.13. The lowest BCUT2D eigenvalue weighted by molar-refractivity contribution is -0.142. The van der Waals surface area contributed by atoms with Gasteiger partial charge in [0.15, 0.2) is 0 Å². The van der Waals surface area contributed by atoms with E-state index in [1.807, 2.05) is 0 Å². The van der Waals surface area contributed by atoms with E-state index < -0.39 is 5.97 Å². The van der Waals surface area contributed by atoms with Crippen molar-refractivity contribution in [3.8, 4) is 22.4 Å². The zero-order valence-electron chi connectivity index (χ0n) is 19.0. The Morgan fingerprint density at radius 2 is 1.69 bits per heavy atom. The minimum atomic E-state index is -0.898. The fourth-order valence-corrected chi connectivity index (χ4v) is 4.89. The summed E-state index contributed by atoms with van der Waals surface area (Å²) in [5, 5.41) is 13.8. The third-order valence-electron chi connectivity index (χ3n) is 6.46. The van der Waals surface area contributed by atoms with Crippen molar-refractivity contribution in [2.24, 2.45) is 11.8 Å². The highest BCUT2D eigenvalue weighted by Gasteiger charge is 2.25. The molecule has 1 saturated carbocycles. The zero-order chi connectivity index (χ0) is 22.5. The average molecular weight is 433 g/mol. The number of aryl methyl sites for hydroxylation is 2. The van der Waals surface area contributed by atoms with E-state index in [2.05, 4.69) is 73.1 Å². The van der Waals surface area contributed by atoms with Gasteiger partial charge in [-0.25, -0.2) is 4.79 Å². The lowest BCUT2D eigenvalue weighted by atomic mass is 9.82. The molecule has 5 nitrogen and oxygen atoms in total. The van der Waals surface area contributed by atoms with E-state index in [-0.39, 0.29) is 6.61 Å². The van der Waals surface area contributed by atoms with Crippen LogP contribution in [0.3, 0.4) is 0 Å². The third kappa shape index (κ3) is 5.28. The highest BCUT2D eigenvalue weighted by Crippen LogP contribution is 2.37. The van der Waals surface area contributed by atoms with Gasteiger partial charge in [-0.15, -0.1) is 0 Å². The first-order chi connectivity index (χ1) is 15.5. The molecule has 4 rings (SSSR count). The summed E-state index contributed by atoms with van der Waals surface area (Å²) >= 11 is 0. The van der Waals surface area contributed by atoms with Gasteiger partial charge in [-0.05, 0) is 56.9 Å². The second-order valence-electron chi connectivity index (χ2n) is 9.02. The molecule has 1 heterocycles. The molecule has 32 heavy (non-hydrogen) atoms. The first-order valence-corrected chi connectivity index (χ1v) is 11.5. The number of aliphatic carboxylic acids is 1. The van der Waals surface area contributed by atoms with Gasteiger partial charge in [0.25, 0.3) is 0 Å². The van der Waals surface area contributed by atoms with Crippen molar-refractivity contribution in [2.75, 3.05) is 13.2 Å². The van der Waals surface area contributed by atoms with Gasteiger partial charge in [0.1, 0.15) is 6.61 Å². The highest BCUT2D eigenvalue weighted by atomic mass is 16.5. The number of hydrogen-bond acceptors (Lipinski definition) is 3. The summed E-state index contributed by atoms with van der Waals surface area (Å²) in [6, 6.07) is 19.2. The minimum absolute atomic E-state index is 0.200. The van der Waals surface area contributed by atoms with Gasteiger partial charge in [-0.2, -0.15) is 5.10 Å². The lowest BCUT2D eigenvalue weighted by Crippen LogP contribution is -2.23. The fraction of sp³-hybridized carbons (Fsp3) is 0.407. The SMILES string of the molecule is Cc1cccc(-c2c(C)nn(CC3CCC(COCC(=O)O)CC3)c2-c2ccccc2)c1. The van der Waals surface area contributed by atoms with Crippen molar-refractivity contribution >= 4 is 5.97 Å². The monoisotopic (exact) mass is 432 g/mol. The number of aromatic nitrogens is 2. The summed E-state index contributed by atoms with van der Waals surface area (Å²) in [5.74, 6) is 0.129. The summed E-state index contributed by atoms with van der Waals surface area (Å²) in [7, 11) is 0. The van der Waals surface area contributed by atoms with Gasteiger partial charge >= 0.3 is 5.97 Å². The Morgan fingerprint density at radius 1 is 1.00 bits per heavy atom. The van der Waals surface area contributed by atoms with E-state index in [1.54, 1.807) is 0 Å². The second kappa shape index (κ2) is 10.1. The zero-order valence-corrected chi connectivity index (χ0v) is 19.0. The van der Waals surface area contributed by atoms with Crippen molar-refractivity contribution in [3.63, 3.8) is 0 Å². The average Bonchev–Trinajstić information content (AvgIpc) is 3.11. The maximum absolute atomic E-state index is 10.7. The number of carboxylic acid groups (broad SMARTS) is 1. The number of ether oxygens (including phenoxy) is 1. The predicted molar refractivity (Wildman–Crippen MR) is 126 cm³/mol. The Morgan fingerprint density at radius 3 is 2.38 bits per heavy atom. The number of carbonyl (C=O) groups is 1. The van der Waals surface area contributed by atoms with Crippen LogP contribution in [0.25, 0.3) is 22.4 Å². The molecular weight excluding hydrogens is 400 g/mol. The summed E-state index contributed by atoms with van der Waals surface area (Å²) < 4.78 is 7.54. The maximum Gasteiger partial charge on any atom is 0.329 e. The van der Waals surface area contributed by atoms with Crippen LogP contribution in [0.2, 0.25) is 0 Å². The molecule has 1 N–H and O–H groups in total. The summed E-state index contributed by atoms with van der Waals surface area (Å²) in [6.45, 7) is 5.49. The first-order valence-electron chi connectivity index (χ1n) is 11.5. The van der Waals surface area contributed by atoms with Crippen molar-refractivity contribution in [2.45, 2.75) is 46.1 Å². The summed E-state index contributed by atoms with van der Waals surface area (Å²) in [6.07, 6.45) is 4.40. The van der Waals surface area contributed by atoms with Gasteiger partial charge in [0, 0.05) is 17.7 Å². The van der Waals surface area contributed by atoms with E-state index >= 15 is 0 Å². The molecule has 5 heteroatoms. The molecule has 0 bridgehead atoms. The van der Waals surface area contributed by atoms with Crippen LogP contribution in [-0.2, 0) is 16.1 Å². The molecule has 1 aromatic heterocycles. The van der Waals surface area contributed by atoms with Gasteiger partial charge < -0.3 is 9.84 Å². The van der Waals surface area contributed by atoms with Gasteiger partial charge in [0.05, 0.1) is 18.0 Å². The van der Waals surface area contributed by atoms with E-state index in [1.165, 1.54) is 27.9 Å². The van der Waals surface area contributed by atoms with Crippen LogP contribution in [0.15, 0.2) is 54.6 Å². The van der Waals surface area contributed by atoms with E-state index in [9.17, 15) is 4.79 Å². The van der Waals surface area contributed by atoms with Crippen LogP contribution >= 0.6 is 0 Å². The molecule has 1 aliphatic rings. The number of carboxylic acids is 1. The van der Waals surface area contributed by atoms with Crippen LogP contribution in [-0.4, -0.2) is 34.1 Å². The number of hydrogen-bond donors (Lipinski definition) is 1. The van der Waals surface area contributed by atoms with Crippen molar-refractivity contribution in [1.29, 1.82) is 0 Å². The van der Waals surface area contributed by atoms with E-state index in [0.717, 1.165) is 37.9 Å². The van der Waals surface area contributed by atoms with Crippen molar-refractivity contribution in [1.82, 2.24) is 9.78 Å². The molecule has 0 radical (unpaired) electrons. The molecule has 168 valence electrons. The topological polar surface area (TPSA) is 64.4 Å². The van der Waals surface area contributed by atoms with Gasteiger partial charge in [0.2, 0.25) is 0 Å². The molecule has 2 aromatic carbocycles. The van der Waals surface area contributed by atoms with E-state index in [4.69, 9.17) is 14.9 Å². The quantitative estimate of drug-likeness (QED) is 0.493. The highest BCUT2D eigenvalue weighted by molar-refractivity contribution is 5.83. The molecular formula is C27H32N2O3. The number of nitrogens with zero attached hydrogens (tertiary/aromatic N) is 2. The van der Waals surface area contributed by atoms with Crippen LogP contribution in [0.5, 0.6) is 0 Å². The fourth-order valence-electron chi connectivity index (χ4n) is 4.89. The molecule has 0 unspecified atom stereocenters. The normalized spacial score (nSPS) is 18.6. The largest absolute Gasteiger partial charge is 0.480 e. The molecule has 0 aliphatic heterocycles. The molecule has 1 fully saturated rings. The Kier molecular flexibility index (Phi) is 7.05. The third-order valence-corrected chi connectivity index (χ3v) is 6.46. The van der Waals surface area contributed by atoms with Crippen molar-refractivity contribution < 1.29 is 14.6 Å². The first kappa shape index (κ1) is 22.3. The smallest absolute Gasteiger partial charge is 0.329 e. The maximum atomic E-state index is 10.7. The van der Waals surface area contributed by atoms with Crippen LogP contribution in [0.1, 0.15) is 36.9 Å². The van der Waals surface area contributed by atoms with E-state index in [0.29, 0.717) is 18.4 Å². The Hall–Kier alpha value is -2.92. The molecule has 0 amide bonds. The molecule has 0 saturated heterocycles. The summed E-state index contributed by atoms with van der Waals surface area (Å²) in [4.78, 5) is 10.7. The molecule has 1 aliphatic carbocycles. The molecule has 3 aromatic rings. The Balaban J connectivity index is 1.55. The van der Waals surface area contributed by atoms with Crippen LogP contribution < -0.4 is 0 Å². The molecule has 0 spiro atoms. The van der Waals surface area contributed by atoms with Crippen molar-refractivity contribution in [3.05, 3.63) is 65.9 Å². The predicted octanol–water partition coefficient (Wildman–Crippen LogP) is 5.74. The Bertz CT molecular complexity index is 1050. The standard InChI is InChI=1S/C27H32N2O3/c1-19-7-6-10-24(15-19)26-20(2)28-29(27(26)23-8-4-3-5-9-23)16-21-11-13-22(14-12-21)17-32-18-25(30)31/h3-10,15,21-22H,11-14,16-18H2,1-2H3,(H,30,31).